The van der Waals surface area contributed by atoms with Crippen LogP contribution in [-0.4, -0.2) is 21.4 Å². The zero-order valence-corrected chi connectivity index (χ0v) is 12.8. The lowest BCUT2D eigenvalue weighted by molar-refractivity contribution is 0.152. The van der Waals surface area contributed by atoms with Crippen molar-refractivity contribution < 1.29 is 9.63 Å². The minimum Gasteiger partial charge on any atom is -0.393 e. The molecule has 1 aromatic carbocycles. The van der Waals surface area contributed by atoms with Gasteiger partial charge in [0.25, 0.3) is 0 Å². The normalized spacial score (nSPS) is 12.6. The molecule has 2 aromatic rings. The second kappa shape index (κ2) is 6.50. The van der Waals surface area contributed by atoms with E-state index in [9.17, 15) is 5.11 Å². The van der Waals surface area contributed by atoms with E-state index in [0.29, 0.717) is 23.2 Å². The molecule has 1 unspecified atom stereocenters. The van der Waals surface area contributed by atoms with E-state index < -0.39 is 6.10 Å². The minimum atomic E-state index is -0.435. The molecule has 6 heteroatoms. The van der Waals surface area contributed by atoms with Gasteiger partial charge in [-0.05, 0) is 40.5 Å². The number of rotatable bonds is 5. The molecule has 0 amide bonds. The van der Waals surface area contributed by atoms with E-state index in [1.165, 1.54) is 0 Å². The summed E-state index contributed by atoms with van der Waals surface area (Å²) in [4.78, 5) is 4.27. The highest BCUT2D eigenvalue weighted by Crippen LogP contribution is 2.27. The molecule has 1 aromatic heterocycles. The van der Waals surface area contributed by atoms with Crippen molar-refractivity contribution in [1.29, 1.82) is 0 Å². The summed E-state index contributed by atoms with van der Waals surface area (Å²) in [5.74, 6) is 0.943. The molecule has 1 N–H and O–H groups in total. The Kier molecular flexibility index (Phi) is 4.96. The summed E-state index contributed by atoms with van der Waals surface area (Å²) in [6.45, 7) is 2.02. The maximum absolute atomic E-state index is 9.71. The highest BCUT2D eigenvalue weighted by atomic mass is 79.9. The first-order valence-corrected chi connectivity index (χ1v) is 7.23. The lowest BCUT2D eigenvalue weighted by Gasteiger charge is -2.03. The van der Waals surface area contributed by atoms with Crippen LogP contribution in [0.5, 0.6) is 0 Å². The number of benzene rings is 1. The molecule has 0 radical (unpaired) electrons. The van der Waals surface area contributed by atoms with Crippen LogP contribution in [0.25, 0.3) is 11.4 Å². The van der Waals surface area contributed by atoms with Crippen LogP contribution in [0.1, 0.15) is 25.7 Å². The molecule has 0 bridgehead atoms. The van der Waals surface area contributed by atoms with Crippen molar-refractivity contribution in [3.05, 3.63) is 33.6 Å². The van der Waals surface area contributed by atoms with Crippen molar-refractivity contribution in [2.75, 3.05) is 0 Å². The number of nitrogens with zero attached hydrogens (tertiary/aromatic N) is 2. The molecule has 1 heterocycles. The Morgan fingerprint density at radius 2 is 2.26 bits per heavy atom. The van der Waals surface area contributed by atoms with Gasteiger partial charge in [0, 0.05) is 10.0 Å². The van der Waals surface area contributed by atoms with Crippen molar-refractivity contribution in [3.8, 4) is 11.4 Å². The zero-order chi connectivity index (χ0) is 13.8. The van der Waals surface area contributed by atoms with Gasteiger partial charge in [0.15, 0.2) is 0 Å². The average Bonchev–Trinajstić information content (AvgIpc) is 2.81. The van der Waals surface area contributed by atoms with Gasteiger partial charge in [-0.2, -0.15) is 4.98 Å². The van der Waals surface area contributed by atoms with Crippen molar-refractivity contribution in [1.82, 2.24) is 10.1 Å². The molecule has 1 atom stereocenters. The number of aromatic nitrogens is 2. The maximum Gasteiger partial charge on any atom is 0.229 e. The Hall–Kier alpha value is -0.910. The SMILES string of the molecule is CCCC(O)Cc1nc(-c2ccc(Cl)c(Br)c2)no1. The summed E-state index contributed by atoms with van der Waals surface area (Å²) in [6, 6.07) is 5.42. The summed E-state index contributed by atoms with van der Waals surface area (Å²) >= 11 is 9.29. The zero-order valence-electron chi connectivity index (χ0n) is 10.4. The standard InChI is InChI=1S/C13H14BrClN2O2/c1-2-3-9(18)7-12-16-13(17-19-12)8-4-5-11(15)10(14)6-8/h4-6,9,18H,2-3,7H2,1H3. The lowest BCUT2D eigenvalue weighted by Crippen LogP contribution is -2.09. The van der Waals surface area contributed by atoms with Gasteiger partial charge in [0.05, 0.1) is 17.5 Å². The Bertz CT molecular complexity index is 559. The summed E-state index contributed by atoms with van der Waals surface area (Å²) in [5, 5.41) is 14.2. The molecule has 102 valence electrons. The largest absolute Gasteiger partial charge is 0.393 e. The fraction of sp³-hybridized carbons (Fsp3) is 0.385. The van der Waals surface area contributed by atoms with Crippen molar-refractivity contribution in [3.63, 3.8) is 0 Å². The van der Waals surface area contributed by atoms with Gasteiger partial charge in [-0.1, -0.05) is 30.1 Å². The average molecular weight is 346 g/mol. The summed E-state index contributed by atoms with van der Waals surface area (Å²) < 4.78 is 5.92. The minimum absolute atomic E-state index is 0.385. The quantitative estimate of drug-likeness (QED) is 0.894. The topological polar surface area (TPSA) is 59.2 Å². The molecule has 0 aliphatic heterocycles. The molecule has 0 saturated carbocycles. The molecule has 0 aliphatic carbocycles. The van der Waals surface area contributed by atoms with Gasteiger partial charge in [-0.3, -0.25) is 0 Å². The summed E-state index contributed by atoms with van der Waals surface area (Å²) in [5.41, 5.74) is 0.816. The Balaban J connectivity index is 2.14. The number of aliphatic hydroxyl groups is 1. The number of hydrogen-bond donors (Lipinski definition) is 1. The highest BCUT2D eigenvalue weighted by Gasteiger charge is 2.13. The van der Waals surface area contributed by atoms with E-state index in [2.05, 4.69) is 26.1 Å². The van der Waals surface area contributed by atoms with E-state index in [-0.39, 0.29) is 0 Å². The number of halogens is 2. The van der Waals surface area contributed by atoms with E-state index in [4.69, 9.17) is 16.1 Å². The fourth-order valence-electron chi connectivity index (χ4n) is 1.73. The second-order valence-electron chi connectivity index (χ2n) is 4.29. The second-order valence-corrected chi connectivity index (χ2v) is 5.55. The lowest BCUT2D eigenvalue weighted by atomic mass is 10.1. The molecule has 0 aliphatic rings. The summed E-state index contributed by atoms with van der Waals surface area (Å²) in [7, 11) is 0. The first-order chi connectivity index (χ1) is 9.10. The van der Waals surface area contributed by atoms with Crippen molar-refractivity contribution >= 4 is 27.5 Å². The van der Waals surface area contributed by atoms with Crippen LogP contribution in [0.3, 0.4) is 0 Å². The molecular weight excluding hydrogens is 332 g/mol. The molecule has 0 spiro atoms. The van der Waals surface area contributed by atoms with Crippen LogP contribution in [0, 0.1) is 0 Å². The number of aliphatic hydroxyl groups excluding tert-OH is 1. The summed E-state index contributed by atoms with van der Waals surface area (Å²) in [6.07, 6.45) is 1.60. The predicted octanol–water partition coefficient (Wildman–Crippen LogP) is 3.86. The van der Waals surface area contributed by atoms with Crippen LogP contribution < -0.4 is 0 Å². The van der Waals surface area contributed by atoms with E-state index >= 15 is 0 Å². The van der Waals surface area contributed by atoms with E-state index in [1.54, 1.807) is 6.07 Å². The van der Waals surface area contributed by atoms with Crippen LogP contribution >= 0.6 is 27.5 Å². The van der Waals surface area contributed by atoms with Crippen LogP contribution in [0.4, 0.5) is 0 Å². The predicted molar refractivity (Wildman–Crippen MR) is 77.1 cm³/mol. The number of hydrogen-bond acceptors (Lipinski definition) is 4. The molecular formula is C13H14BrClN2O2. The fourth-order valence-corrected chi connectivity index (χ4v) is 2.22. The molecule has 4 nitrogen and oxygen atoms in total. The van der Waals surface area contributed by atoms with Crippen molar-refractivity contribution in [2.45, 2.75) is 32.3 Å². The van der Waals surface area contributed by atoms with Gasteiger partial charge in [-0.15, -0.1) is 0 Å². The molecule has 0 fully saturated rings. The van der Waals surface area contributed by atoms with Crippen molar-refractivity contribution in [2.24, 2.45) is 0 Å². The first kappa shape index (κ1) is 14.5. The third-order valence-corrected chi connectivity index (χ3v) is 3.89. The van der Waals surface area contributed by atoms with Crippen LogP contribution in [0.15, 0.2) is 27.2 Å². The third kappa shape index (κ3) is 3.78. The van der Waals surface area contributed by atoms with Gasteiger partial charge in [0.1, 0.15) is 0 Å². The Morgan fingerprint density at radius 1 is 1.47 bits per heavy atom. The first-order valence-electron chi connectivity index (χ1n) is 6.06. The Morgan fingerprint density at radius 3 is 2.95 bits per heavy atom. The van der Waals surface area contributed by atoms with E-state index in [1.807, 2.05) is 19.1 Å². The van der Waals surface area contributed by atoms with Gasteiger partial charge < -0.3 is 9.63 Å². The Labute approximate surface area is 124 Å². The van der Waals surface area contributed by atoms with Crippen LogP contribution in [0.2, 0.25) is 5.02 Å². The van der Waals surface area contributed by atoms with Crippen LogP contribution in [-0.2, 0) is 6.42 Å². The molecule has 0 saturated heterocycles. The van der Waals surface area contributed by atoms with Gasteiger partial charge >= 0.3 is 0 Å². The maximum atomic E-state index is 9.71. The molecule has 2 rings (SSSR count). The molecule has 19 heavy (non-hydrogen) atoms. The van der Waals surface area contributed by atoms with E-state index in [0.717, 1.165) is 22.9 Å². The smallest absolute Gasteiger partial charge is 0.229 e. The third-order valence-electron chi connectivity index (χ3n) is 2.68. The van der Waals surface area contributed by atoms with Gasteiger partial charge in [0.2, 0.25) is 11.7 Å². The van der Waals surface area contributed by atoms with Gasteiger partial charge in [-0.25, -0.2) is 0 Å². The highest BCUT2D eigenvalue weighted by molar-refractivity contribution is 9.10. The monoisotopic (exact) mass is 344 g/mol.